The van der Waals surface area contributed by atoms with E-state index in [0.29, 0.717) is 12.5 Å². The summed E-state index contributed by atoms with van der Waals surface area (Å²) < 4.78 is 1.83. The standard InChI is InChI=1S/C12H16ClN3/c1-8-3-4-16-11(6-8)12(13)10(15-16)5-9(2)7-14/h3-4,6,9H,5,7,14H2,1-2H3. The lowest BCUT2D eigenvalue weighted by Crippen LogP contribution is -2.13. The number of aromatic nitrogens is 2. The Labute approximate surface area is 100 Å². The predicted octanol–water partition coefficient (Wildman–Crippen LogP) is 2.43. The summed E-state index contributed by atoms with van der Waals surface area (Å²) in [7, 11) is 0. The van der Waals surface area contributed by atoms with Gasteiger partial charge in [0, 0.05) is 6.20 Å². The molecule has 3 nitrogen and oxygen atoms in total. The van der Waals surface area contributed by atoms with Gasteiger partial charge in [-0.3, -0.25) is 0 Å². The largest absolute Gasteiger partial charge is 0.330 e. The molecule has 0 aromatic carbocycles. The van der Waals surface area contributed by atoms with Crippen molar-refractivity contribution < 1.29 is 0 Å². The van der Waals surface area contributed by atoms with Gasteiger partial charge in [-0.15, -0.1) is 0 Å². The topological polar surface area (TPSA) is 43.3 Å². The number of aryl methyl sites for hydroxylation is 1. The van der Waals surface area contributed by atoms with Gasteiger partial charge in [0.1, 0.15) is 0 Å². The van der Waals surface area contributed by atoms with Crippen molar-refractivity contribution in [1.82, 2.24) is 9.61 Å². The monoisotopic (exact) mass is 237 g/mol. The van der Waals surface area contributed by atoms with Crippen LogP contribution >= 0.6 is 11.6 Å². The number of pyridine rings is 1. The molecule has 2 rings (SSSR count). The molecular formula is C12H16ClN3. The molecule has 2 heterocycles. The summed E-state index contributed by atoms with van der Waals surface area (Å²) in [5.41, 5.74) is 8.71. The molecular weight excluding hydrogens is 222 g/mol. The van der Waals surface area contributed by atoms with E-state index >= 15 is 0 Å². The lowest BCUT2D eigenvalue weighted by molar-refractivity contribution is 0.581. The van der Waals surface area contributed by atoms with Gasteiger partial charge in [-0.25, -0.2) is 4.52 Å². The fraction of sp³-hybridized carbons (Fsp3) is 0.417. The molecule has 1 atom stereocenters. The third-order valence-corrected chi connectivity index (χ3v) is 3.15. The van der Waals surface area contributed by atoms with E-state index in [4.69, 9.17) is 17.3 Å². The van der Waals surface area contributed by atoms with Crippen molar-refractivity contribution in [2.24, 2.45) is 11.7 Å². The number of fused-ring (bicyclic) bond motifs is 1. The molecule has 2 N–H and O–H groups in total. The van der Waals surface area contributed by atoms with Gasteiger partial charge in [0.2, 0.25) is 0 Å². The van der Waals surface area contributed by atoms with Crippen LogP contribution in [0.4, 0.5) is 0 Å². The molecule has 1 unspecified atom stereocenters. The molecule has 0 radical (unpaired) electrons. The summed E-state index contributed by atoms with van der Waals surface area (Å²) in [6.45, 7) is 4.81. The highest BCUT2D eigenvalue weighted by Crippen LogP contribution is 2.24. The van der Waals surface area contributed by atoms with Crippen LogP contribution in [-0.2, 0) is 6.42 Å². The zero-order valence-electron chi connectivity index (χ0n) is 9.57. The highest BCUT2D eigenvalue weighted by atomic mass is 35.5. The van der Waals surface area contributed by atoms with E-state index in [9.17, 15) is 0 Å². The Bertz CT molecular complexity index is 504. The molecule has 0 fully saturated rings. The quantitative estimate of drug-likeness (QED) is 0.891. The Kier molecular flexibility index (Phi) is 3.17. The van der Waals surface area contributed by atoms with Crippen LogP contribution in [0.3, 0.4) is 0 Å². The van der Waals surface area contributed by atoms with E-state index in [1.807, 2.05) is 29.8 Å². The Morgan fingerprint density at radius 3 is 3.00 bits per heavy atom. The molecule has 0 saturated heterocycles. The van der Waals surface area contributed by atoms with Gasteiger partial charge in [-0.05, 0) is 43.5 Å². The van der Waals surface area contributed by atoms with Crippen molar-refractivity contribution in [2.45, 2.75) is 20.3 Å². The zero-order chi connectivity index (χ0) is 11.7. The molecule has 0 spiro atoms. The average Bonchev–Trinajstić information content (AvgIpc) is 2.56. The zero-order valence-corrected chi connectivity index (χ0v) is 10.3. The second-order valence-corrected chi connectivity index (χ2v) is 4.72. The molecule has 16 heavy (non-hydrogen) atoms. The van der Waals surface area contributed by atoms with Gasteiger partial charge in [0.05, 0.1) is 16.2 Å². The number of hydrogen-bond donors (Lipinski definition) is 1. The normalized spacial score (nSPS) is 13.2. The van der Waals surface area contributed by atoms with Gasteiger partial charge in [0.25, 0.3) is 0 Å². The first-order valence-corrected chi connectivity index (χ1v) is 5.83. The Balaban J connectivity index is 2.44. The van der Waals surface area contributed by atoms with Crippen LogP contribution < -0.4 is 5.73 Å². The number of nitrogens with zero attached hydrogens (tertiary/aromatic N) is 2. The first kappa shape index (κ1) is 11.4. The van der Waals surface area contributed by atoms with Gasteiger partial charge in [-0.1, -0.05) is 18.5 Å². The van der Waals surface area contributed by atoms with Crippen LogP contribution in [-0.4, -0.2) is 16.2 Å². The maximum Gasteiger partial charge on any atom is 0.0896 e. The van der Waals surface area contributed by atoms with Crippen LogP contribution in [0.5, 0.6) is 0 Å². The van der Waals surface area contributed by atoms with E-state index in [-0.39, 0.29) is 0 Å². The summed E-state index contributed by atoms with van der Waals surface area (Å²) in [4.78, 5) is 0. The minimum atomic E-state index is 0.406. The van der Waals surface area contributed by atoms with E-state index in [2.05, 4.69) is 12.0 Å². The number of hydrogen-bond acceptors (Lipinski definition) is 2. The van der Waals surface area contributed by atoms with E-state index in [0.717, 1.165) is 22.7 Å². The first-order valence-electron chi connectivity index (χ1n) is 5.45. The summed E-state index contributed by atoms with van der Waals surface area (Å²) in [5.74, 6) is 0.406. The first-order chi connectivity index (χ1) is 7.61. The molecule has 0 bridgehead atoms. The van der Waals surface area contributed by atoms with Crippen LogP contribution in [0, 0.1) is 12.8 Å². The Morgan fingerprint density at radius 1 is 1.56 bits per heavy atom. The molecule has 0 amide bonds. The molecule has 4 heteroatoms. The lowest BCUT2D eigenvalue weighted by Gasteiger charge is -2.04. The molecule has 0 aliphatic heterocycles. The summed E-state index contributed by atoms with van der Waals surface area (Å²) in [6.07, 6.45) is 2.77. The van der Waals surface area contributed by atoms with E-state index < -0.39 is 0 Å². The van der Waals surface area contributed by atoms with Gasteiger partial charge in [0.15, 0.2) is 0 Å². The third-order valence-electron chi connectivity index (χ3n) is 2.74. The highest BCUT2D eigenvalue weighted by molar-refractivity contribution is 6.34. The van der Waals surface area contributed by atoms with Gasteiger partial charge < -0.3 is 5.73 Å². The number of nitrogens with two attached hydrogens (primary N) is 1. The summed E-state index contributed by atoms with van der Waals surface area (Å²) >= 11 is 6.31. The second-order valence-electron chi connectivity index (χ2n) is 4.34. The Hall–Kier alpha value is -1.06. The van der Waals surface area contributed by atoms with E-state index in [1.165, 1.54) is 5.56 Å². The maximum absolute atomic E-state index is 6.31. The molecule has 0 aliphatic carbocycles. The van der Waals surface area contributed by atoms with Crippen LogP contribution in [0.1, 0.15) is 18.2 Å². The highest BCUT2D eigenvalue weighted by Gasteiger charge is 2.12. The van der Waals surface area contributed by atoms with Gasteiger partial charge in [-0.2, -0.15) is 5.10 Å². The van der Waals surface area contributed by atoms with Crippen LogP contribution in [0.25, 0.3) is 5.52 Å². The maximum atomic E-state index is 6.31. The van der Waals surface area contributed by atoms with Gasteiger partial charge >= 0.3 is 0 Å². The van der Waals surface area contributed by atoms with Crippen LogP contribution in [0.2, 0.25) is 5.02 Å². The molecule has 2 aromatic rings. The molecule has 0 aliphatic rings. The summed E-state index contributed by atoms with van der Waals surface area (Å²) in [6, 6.07) is 4.07. The van der Waals surface area contributed by atoms with Crippen molar-refractivity contribution in [3.8, 4) is 0 Å². The van der Waals surface area contributed by atoms with Crippen molar-refractivity contribution in [2.75, 3.05) is 6.54 Å². The fourth-order valence-electron chi connectivity index (χ4n) is 1.72. The number of rotatable bonds is 3. The molecule has 86 valence electrons. The minimum absolute atomic E-state index is 0.406. The summed E-state index contributed by atoms with van der Waals surface area (Å²) in [5, 5.41) is 5.22. The minimum Gasteiger partial charge on any atom is -0.330 e. The SMILES string of the molecule is Cc1ccn2nc(CC(C)CN)c(Cl)c2c1. The fourth-order valence-corrected chi connectivity index (χ4v) is 1.97. The van der Waals surface area contributed by atoms with Crippen molar-refractivity contribution >= 4 is 17.1 Å². The third kappa shape index (κ3) is 2.06. The molecule has 2 aromatic heterocycles. The Morgan fingerprint density at radius 2 is 2.31 bits per heavy atom. The molecule has 0 saturated carbocycles. The average molecular weight is 238 g/mol. The smallest absolute Gasteiger partial charge is 0.0896 e. The predicted molar refractivity (Wildman–Crippen MR) is 66.9 cm³/mol. The van der Waals surface area contributed by atoms with Crippen LogP contribution in [0.15, 0.2) is 18.3 Å². The number of halogens is 1. The van der Waals surface area contributed by atoms with E-state index in [1.54, 1.807) is 0 Å². The lowest BCUT2D eigenvalue weighted by atomic mass is 10.1. The van der Waals surface area contributed by atoms with Crippen molar-refractivity contribution in [3.63, 3.8) is 0 Å². The van der Waals surface area contributed by atoms with Crippen molar-refractivity contribution in [3.05, 3.63) is 34.6 Å². The second kappa shape index (κ2) is 4.44. The van der Waals surface area contributed by atoms with Crippen molar-refractivity contribution in [1.29, 1.82) is 0 Å².